The van der Waals surface area contributed by atoms with Crippen molar-refractivity contribution >= 4 is 40.5 Å². The van der Waals surface area contributed by atoms with Gasteiger partial charge in [-0.25, -0.2) is 14.4 Å². The molecule has 7 nitrogen and oxygen atoms in total. The zero-order valence-corrected chi connectivity index (χ0v) is 18.8. The van der Waals surface area contributed by atoms with E-state index in [1.807, 2.05) is 18.7 Å². The van der Waals surface area contributed by atoms with Crippen molar-refractivity contribution in [2.45, 2.75) is 39.3 Å². The van der Waals surface area contributed by atoms with Crippen LogP contribution in [0.1, 0.15) is 47.7 Å². The number of carbonyl (C=O) groups is 1. The van der Waals surface area contributed by atoms with E-state index in [2.05, 4.69) is 18.8 Å². The van der Waals surface area contributed by atoms with Crippen LogP contribution in [0.3, 0.4) is 0 Å². The highest BCUT2D eigenvalue weighted by Gasteiger charge is 2.37. The number of imidazole rings is 1. The van der Waals surface area contributed by atoms with Crippen LogP contribution in [0.15, 0.2) is 24.3 Å². The number of rotatable bonds is 3. The normalized spacial score (nSPS) is 18.5. The number of hydrogen-bond acceptors (Lipinski definition) is 6. The van der Waals surface area contributed by atoms with Gasteiger partial charge in [-0.15, -0.1) is 0 Å². The Morgan fingerprint density at radius 2 is 1.97 bits per heavy atom. The quantitative estimate of drug-likeness (QED) is 0.555. The molecule has 10 heteroatoms. The number of anilines is 1. The standard InChI is InChI=1S/C21H21FN6OS2/c1-12-17-18(27-9-3-4-16(27)30)24-19(20-23-13(2)25-31-20)28(17)11-10-26(12)21(29)14-5-7-15(22)8-6-14/h5-8,12H,3-4,9-11H2,1-2H3/t12-/m1/s1. The SMILES string of the molecule is Cc1nsc(-c2nc(N3CCCC3=S)c3n2CCN(C(=O)c2ccc(F)cc2)[C@@H]3C)n1. The number of benzene rings is 1. The van der Waals surface area contributed by atoms with Crippen molar-refractivity contribution in [2.24, 2.45) is 0 Å². The van der Waals surface area contributed by atoms with E-state index in [4.69, 9.17) is 17.2 Å². The average Bonchev–Trinajstić information content (AvgIpc) is 3.46. The summed E-state index contributed by atoms with van der Waals surface area (Å²) in [5.74, 6) is 1.81. The lowest BCUT2D eigenvalue weighted by Crippen LogP contribution is -2.41. The molecule has 1 atom stereocenters. The first-order chi connectivity index (χ1) is 14.9. The van der Waals surface area contributed by atoms with Gasteiger partial charge in [-0.2, -0.15) is 4.37 Å². The molecule has 2 aromatic heterocycles. The van der Waals surface area contributed by atoms with Crippen molar-refractivity contribution < 1.29 is 9.18 Å². The molecule has 0 unspecified atom stereocenters. The number of fused-ring (bicyclic) bond motifs is 1. The third kappa shape index (κ3) is 3.43. The Labute approximate surface area is 188 Å². The molecule has 0 aliphatic carbocycles. The Hall–Kier alpha value is -2.72. The summed E-state index contributed by atoms with van der Waals surface area (Å²) in [5, 5.41) is 0.764. The molecule has 0 bridgehead atoms. The fourth-order valence-corrected chi connectivity index (χ4v) is 5.29. The van der Waals surface area contributed by atoms with Crippen molar-refractivity contribution in [2.75, 3.05) is 18.0 Å². The summed E-state index contributed by atoms with van der Waals surface area (Å²) in [6.07, 6.45) is 1.85. The second-order valence-corrected chi connectivity index (χ2v) is 9.00. The lowest BCUT2D eigenvalue weighted by atomic mass is 10.1. The second-order valence-electron chi connectivity index (χ2n) is 7.77. The highest BCUT2D eigenvalue weighted by molar-refractivity contribution is 7.80. The maximum atomic E-state index is 13.3. The van der Waals surface area contributed by atoms with Crippen LogP contribution in [0.25, 0.3) is 10.8 Å². The molecule has 0 radical (unpaired) electrons. The third-order valence-electron chi connectivity index (χ3n) is 5.82. The molecule has 0 saturated carbocycles. The lowest BCUT2D eigenvalue weighted by Gasteiger charge is -2.36. The largest absolute Gasteiger partial charge is 0.328 e. The predicted molar refractivity (Wildman–Crippen MR) is 121 cm³/mol. The molecule has 2 aliphatic heterocycles. The Bertz CT molecular complexity index is 1170. The van der Waals surface area contributed by atoms with Gasteiger partial charge in [0.1, 0.15) is 11.6 Å². The molecular formula is C21H21FN6OS2. The maximum absolute atomic E-state index is 13.3. The zero-order valence-electron chi connectivity index (χ0n) is 17.2. The molecule has 5 rings (SSSR count). The molecule has 4 heterocycles. The van der Waals surface area contributed by atoms with Crippen molar-refractivity contribution in [3.05, 3.63) is 47.2 Å². The van der Waals surface area contributed by atoms with Crippen LogP contribution in [0, 0.1) is 12.7 Å². The van der Waals surface area contributed by atoms with Gasteiger partial charge in [-0.1, -0.05) is 12.2 Å². The van der Waals surface area contributed by atoms with Gasteiger partial charge < -0.3 is 14.4 Å². The highest BCUT2D eigenvalue weighted by atomic mass is 32.1. The van der Waals surface area contributed by atoms with Gasteiger partial charge in [0.05, 0.1) is 16.7 Å². The van der Waals surface area contributed by atoms with Gasteiger partial charge in [0, 0.05) is 25.2 Å². The van der Waals surface area contributed by atoms with E-state index >= 15 is 0 Å². The van der Waals surface area contributed by atoms with E-state index in [1.54, 1.807) is 0 Å². The number of halogens is 1. The van der Waals surface area contributed by atoms with Gasteiger partial charge in [0.25, 0.3) is 5.91 Å². The van der Waals surface area contributed by atoms with Crippen LogP contribution < -0.4 is 4.90 Å². The fraction of sp³-hybridized carbons (Fsp3) is 0.381. The predicted octanol–water partition coefficient (Wildman–Crippen LogP) is 3.99. The molecule has 31 heavy (non-hydrogen) atoms. The molecule has 1 saturated heterocycles. The van der Waals surface area contributed by atoms with E-state index in [0.29, 0.717) is 24.5 Å². The van der Waals surface area contributed by atoms with Crippen LogP contribution >= 0.6 is 23.8 Å². The van der Waals surface area contributed by atoms with Gasteiger partial charge in [-0.3, -0.25) is 4.79 Å². The Kier molecular flexibility index (Phi) is 5.05. The first-order valence-corrected chi connectivity index (χ1v) is 11.4. The Balaban J connectivity index is 1.58. The van der Waals surface area contributed by atoms with Crippen molar-refractivity contribution in [1.82, 2.24) is 23.8 Å². The number of nitrogens with zero attached hydrogens (tertiary/aromatic N) is 6. The van der Waals surface area contributed by atoms with Crippen LogP contribution in [-0.2, 0) is 6.54 Å². The minimum absolute atomic E-state index is 0.122. The van der Waals surface area contributed by atoms with E-state index in [1.165, 1.54) is 35.8 Å². The van der Waals surface area contributed by atoms with Crippen LogP contribution in [0.2, 0.25) is 0 Å². The van der Waals surface area contributed by atoms with Gasteiger partial charge in [0.2, 0.25) is 0 Å². The summed E-state index contributed by atoms with van der Waals surface area (Å²) in [6.45, 7) is 5.80. The number of thiocarbonyl (C=S) groups is 1. The van der Waals surface area contributed by atoms with E-state index in [0.717, 1.165) is 46.7 Å². The number of carbonyl (C=O) groups excluding carboxylic acids is 1. The average molecular weight is 457 g/mol. The summed E-state index contributed by atoms with van der Waals surface area (Å²) < 4.78 is 19.8. The zero-order chi connectivity index (χ0) is 21.7. The lowest BCUT2D eigenvalue weighted by molar-refractivity contribution is 0.0645. The molecule has 160 valence electrons. The van der Waals surface area contributed by atoms with Crippen molar-refractivity contribution in [1.29, 1.82) is 0 Å². The van der Waals surface area contributed by atoms with E-state index in [-0.39, 0.29) is 17.8 Å². The molecule has 3 aromatic rings. The monoisotopic (exact) mass is 456 g/mol. The fourth-order valence-electron chi connectivity index (χ4n) is 4.30. The summed E-state index contributed by atoms with van der Waals surface area (Å²) in [5.41, 5.74) is 1.42. The molecule has 1 amide bonds. The minimum Gasteiger partial charge on any atom is -0.328 e. The Morgan fingerprint density at radius 1 is 1.19 bits per heavy atom. The maximum Gasteiger partial charge on any atom is 0.254 e. The summed E-state index contributed by atoms with van der Waals surface area (Å²) in [4.78, 5) is 27.5. The molecule has 1 fully saturated rings. The van der Waals surface area contributed by atoms with Gasteiger partial charge in [-0.05, 0) is 62.5 Å². The topological polar surface area (TPSA) is 67.2 Å². The molecular weight excluding hydrogens is 435 g/mol. The molecule has 1 aromatic carbocycles. The first-order valence-electron chi connectivity index (χ1n) is 10.2. The molecule has 2 aliphatic rings. The number of amides is 1. The highest BCUT2D eigenvalue weighted by Crippen LogP contribution is 2.39. The number of aryl methyl sites for hydroxylation is 1. The minimum atomic E-state index is -0.358. The van der Waals surface area contributed by atoms with Gasteiger partial charge >= 0.3 is 0 Å². The van der Waals surface area contributed by atoms with Crippen LogP contribution in [0.5, 0.6) is 0 Å². The molecule has 0 spiro atoms. The first kappa shape index (κ1) is 20.2. The van der Waals surface area contributed by atoms with Crippen LogP contribution in [0.4, 0.5) is 10.2 Å². The van der Waals surface area contributed by atoms with Crippen LogP contribution in [-0.4, -0.2) is 47.8 Å². The summed E-state index contributed by atoms with van der Waals surface area (Å²) in [6, 6.07) is 5.47. The Morgan fingerprint density at radius 3 is 2.61 bits per heavy atom. The van der Waals surface area contributed by atoms with E-state index < -0.39 is 0 Å². The van der Waals surface area contributed by atoms with Crippen molar-refractivity contribution in [3.8, 4) is 10.8 Å². The second kappa shape index (κ2) is 7.76. The smallest absolute Gasteiger partial charge is 0.254 e. The third-order valence-corrected chi connectivity index (χ3v) is 7.04. The van der Waals surface area contributed by atoms with E-state index in [9.17, 15) is 9.18 Å². The molecule has 0 N–H and O–H groups in total. The van der Waals surface area contributed by atoms with Gasteiger partial charge in [0.15, 0.2) is 16.6 Å². The summed E-state index contributed by atoms with van der Waals surface area (Å²) >= 11 is 6.93. The number of hydrogen-bond donors (Lipinski definition) is 0. The summed E-state index contributed by atoms with van der Waals surface area (Å²) in [7, 11) is 0. The number of aromatic nitrogens is 4. The van der Waals surface area contributed by atoms with Crippen molar-refractivity contribution in [3.63, 3.8) is 0 Å².